The molecule has 0 aliphatic heterocycles. The molecular weight excluding hydrogens is 182 g/mol. The Morgan fingerprint density at radius 3 is 1.77 bits per heavy atom. The third-order valence-electron chi connectivity index (χ3n) is 2.27. The summed E-state index contributed by atoms with van der Waals surface area (Å²) >= 11 is 0. The van der Waals surface area contributed by atoms with E-state index in [0.29, 0.717) is 13.2 Å². The van der Waals surface area contributed by atoms with Crippen LogP contribution in [0.25, 0.3) is 0 Å². The quantitative estimate of drug-likeness (QED) is 0.645. The van der Waals surface area contributed by atoms with Crippen molar-refractivity contribution in [3.05, 3.63) is 0 Å². The molecule has 0 saturated heterocycles. The van der Waals surface area contributed by atoms with Crippen LogP contribution in [0.3, 0.4) is 0 Å². The van der Waals surface area contributed by atoms with Gasteiger partial charge in [0.15, 0.2) is 0 Å². The predicted molar refractivity (Wildman–Crippen MR) is 57.8 cm³/mol. The molecule has 0 bridgehead atoms. The van der Waals surface area contributed by atoms with Crippen molar-refractivity contribution in [1.82, 2.24) is 0 Å². The van der Waals surface area contributed by atoms with Gasteiger partial charge in [-0.05, 0) is 26.3 Å². The Balaban J connectivity index is 4.42. The summed E-state index contributed by atoms with van der Waals surface area (Å²) in [5.41, 5.74) is 6.14. The summed E-state index contributed by atoms with van der Waals surface area (Å²) in [6.07, 6.45) is 0.931. The van der Waals surface area contributed by atoms with Gasteiger partial charge in [0.1, 0.15) is 0 Å². The van der Waals surface area contributed by atoms with Crippen LogP contribution >= 0.6 is 0 Å². The Bertz CT molecular complexity index is 127. The molecule has 1 atom stereocenters. The van der Waals surface area contributed by atoms with E-state index in [1.54, 1.807) is 0 Å². The van der Waals surface area contributed by atoms with Gasteiger partial charge >= 0.3 is 8.56 Å². The molecule has 0 heterocycles. The van der Waals surface area contributed by atoms with Gasteiger partial charge in [0.05, 0.1) is 0 Å². The molecule has 80 valence electrons. The van der Waals surface area contributed by atoms with Gasteiger partial charge in [-0.25, -0.2) is 0 Å². The first kappa shape index (κ1) is 13.1. The van der Waals surface area contributed by atoms with Crippen LogP contribution in [-0.4, -0.2) is 27.4 Å². The molecule has 0 saturated carbocycles. The van der Waals surface area contributed by atoms with Crippen LogP contribution in [-0.2, 0) is 8.85 Å². The molecule has 0 aliphatic carbocycles. The number of hydrogen-bond acceptors (Lipinski definition) is 3. The highest BCUT2D eigenvalue weighted by Crippen LogP contribution is 2.18. The second-order valence-electron chi connectivity index (χ2n) is 3.05. The lowest BCUT2D eigenvalue weighted by Crippen LogP contribution is -2.57. The molecule has 4 heteroatoms. The molecule has 0 radical (unpaired) electrons. The van der Waals surface area contributed by atoms with Crippen LogP contribution in [0.1, 0.15) is 34.1 Å². The molecule has 0 aromatic heterocycles. The SMILES string of the molecule is CCO[Si](CC)(OCC)C(N)CC. The average molecular weight is 205 g/mol. The molecule has 1 unspecified atom stereocenters. The van der Waals surface area contributed by atoms with E-state index in [-0.39, 0.29) is 5.67 Å². The molecular formula is C9H23NO2Si. The summed E-state index contributed by atoms with van der Waals surface area (Å²) in [4.78, 5) is 0. The summed E-state index contributed by atoms with van der Waals surface area (Å²) in [5.74, 6) is 0. The van der Waals surface area contributed by atoms with Crippen molar-refractivity contribution in [2.75, 3.05) is 13.2 Å². The zero-order valence-corrected chi connectivity index (χ0v) is 10.3. The van der Waals surface area contributed by atoms with Gasteiger partial charge in [0.25, 0.3) is 0 Å². The largest absolute Gasteiger partial charge is 0.394 e. The van der Waals surface area contributed by atoms with Crippen LogP contribution < -0.4 is 5.73 Å². The lowest BCUT2D eigenvalue weighted by Gasteiger charge is -2.33. The normalized spacial score (nSPS) is 14.5. The molecule has 0 aliphatic rings. The number of hydrogen-bond donors (Lipinski definition) is 1. The number of rotatable bonds is 7. The Labute approximate surface area is 82.9 Å². The van der Waals surface area contributed by atoms with Gasteiger partial charge in [-0.1, -0.05) is 13.8 Å². The smallest absolute Gasteiger partial charge is 0.355 e. The third-order valence-corrected chi connectivity index (χ3v) is 6.35. The van der Waals surface area contributed by atoms with Crippen molar-refractivity contribution >= 4 is 8.56 Å². The highest BCUT2D eigenvalue weighted by molar-refractivity contribution is 6.69. The molecule has 3 nitrogen and oxygen atoms in total. The fraction of sp³-hybridized carbons (Fsp3) is 1.00. The van der Waals surface area contributed by atoms with Crippen molar-refractivity contribution in [3.8, 4) is 0 Å². The molecule has 0 spiro atoms. The van der Waals surface area contributed by atoms with E-state index in [1.165, 1.54) is 0 Å². The maximum atomic E-state index is 6.05. The van der Waals surface area contributed by atoms with Gasteiger partial charge in [0, 0.05) is 18.9 Å². The lowest BCUT2D eigenvalue weighted by molar-refractivity contribution is 0.173. The fourth-order valence-electron chi connectivity index (χ4n) is 1.52. The third kappa shape index (κ3) is 3.38. The lowest BCUT2D eigenvalue weighted by atomic mass is 10.5. The van der Waals surface area contributed by atoms with Gasteiger partial charge in [-0.15, -0.1) is 0 Å². The summed E-state index contributed by atoms with van der Waals surface area (Å²) in [5, 5.41) is 0. The van der Waals surface area contributed by atoms with E-state index < -0.39 is 8.56 Å². The van der Waals surface area contributed by atoms with Crippen molar-refractivity contribution in [3.63, 3.8) is 0 Å². The van der Waals surface area contributed by atoms with E-state index in [0.717, 1.165) is 12.5 Å². The van der Waals surface area contributed by atoms with Gasteiger partial charge in [-0.2, -0.15) is 0 Å². The van der Waals surface area contributed by atoms with Gasteiger partial charge < -0.3 is 14.6 Å². The molecule has 0 fully saturated rings. The number of nitrogens with two attached hydrogens (primary N) is 1. The van der Waals surface area contributed by atoms with Crippen LogP contribution in [0.4, 0.5) is 0 Å². The summed E-state index contributed by atoms with van der Waals surface area (Å²) in [6, 6.07) is 0.934. The summed E-state index contributed by atoms with van der Waals surface area (Å²) in [6.45, 7) is 9.59. The molecule has 0 aromatic rings. The van der Waals surface area contributed by atoms with E-state index in [4.69, 9.17) is 14.6 Å². The second-order valence-corrected chi connectivity index (χ2v) is 6.70. The molecule has 0 amide bonds. The standard InChI is InChI=1S/C9H23NO2Si/c1-5-9(10)13(8-4,11-6-2)12-7-3/h9H,5-8,10H2,1-4H3. The Hall–Kier alpha value is 0.0969. The first-order valence-corrected chi connectivity index (χ1v) is 7.30. The Kier molecular flexibility index (Phi) is 6.58. The molecule has 0 aromatic carbocycles. The monoisotopic (exact) mass is 205 g/mol. The van der Waals surface area contributed by atoms with E-state index in [2.05, 4.69) is 13.8 Å². The van der Waals surface area contributed by atoms with Gasteiger partial charge in [0.2, 0.25) is 0 Å². The van der Waals surface area contributed by atoms with E-state index in [1.807, 2.05) is 13.8 Å². The minimum Gasteiger partial charge on any atom is -0.394 e. The first-order valence-electron chi connectivity index (χ1n) is 5.20. The van der Waals surface area contributed by atoms with Gasteiger partial charge in [-0.3, -0.25) is 0 Å². The topological polar surface area (TPSA) is 44.5 Å². The first-order chi connectivity index (χ1) is 6.16. The Morgan fingerprint density at radius 2 is 1.54 bits per heavy atom. The molecule has 13 heavy (non-hydrogen) atoms. The fourth-order valence-corrected chi connectivity index (χ4v) is 4.57. The van der Waals surface area contributed by atoms with E-state index in [9.17, 15) is 0 Å². The predicted octanol–water partition coefficient (Wildman–Crippen LogP) is 1.80. The van der Waals surface area contributed by atoms with Crippen molar-refractivity contribution < 1.29 is 8.85 Å². The Morgan fingerprint density at radius 1 is 1.08 bits per heavy atom. The maximum Gasteiger partial charge on any atom is 0.355 e. The average Bonchev–Trinajstić information content (AvgIpc) is 2.16. The zero-order chi connectivity index (χ0) is 10.3. The minimum atomic E-state index is -2.10. The van der Waals surface area contributed by atoms with Crippen molar-refractivity contribution in [1.29, 1.82) is 0 Å². The zero-order valence-electron chi connectivity index (χ0n) is 9.30. The van der Waals surface area contributed by atoms with Crippen molar-refractivity contribution in [2.45, 2.75) is 45.8 Å². The van der Waals surface area contributed by atoms with Crippen LogP contribution in [0.2, 0.25) is 6.04 Å². The molecule has 2 N–H and O–H groups in total. The van der Waals surface area contributed by atoms with Crippen LogP contribution in [0.5, 0.6) is 0 Å². The minimum absolute atomic E-state index is 0.0948. The summed E-state index contributed by atoms with van der Waals surface area (Å²) < 4.78 is 11.5. The highest BCUT2D eigenvalue weighted by Gasteiger charge is 2.41. The second kappa shape index (κ2) is 6.54. The highest BCUT2D eigenvalue weighted by atomic mass is 28.4. The van der Waals surface area contributed by atoms with Crippen LogP contribution in [0.15, 0.2) is 0 Å². The van der Waals surface area contributed by atoms with Crippen molar-refractivity contribution in [2.24, 2.45) is 5.73 Å². The summed E-state index contributed by atoms with van der Waals surface area (Å²) in [7, 11) is -2.10. The molecule has 0 rings (SSSR count). The van der Waals surface area contributed by atoms with E-state index >= 15 is 0 Å². The maximum absolute atomic E-state index is 6.05. The van der Waals surface area contributed by atoms with Crippen LogP contribution in [0, 0.1) is 0 Å².